The normalized spacial score (nSPS) is 27.5. The van der Waals surface area contributed by atoms with Crippen LogP contribution in [0.5, 0.6) is 5.75 Å². The molecule has 4 nitrogen and oxygen atoms in total. The van der Waals surface area contributed by atoms with Gasteiger partial charge in [-0.25, -0.2) is 12.8 Å². The molecule has 0 amide bonds. The predicted octanol–water partition coefficient (Wildman–Crippen LogP) is 1.62. The van der Waals surface area contributed by atoms with E-state index in [4.69, 9.17) is 4.74 Å². The van der Waals surface area contributed by atoms with Crippen molar-refractivity contribution in [3.63, 3.8) is 0 Å². The highest BCUT2D eigenvalue weighted by molar-refractivity contribution is 7.91. The van der Waals surface area contributed by atoms with Crippen LogP contribution in [0.1, 0.15) is 24.8 Å². The lowest BCUT2D eigenvalue weighted by atomic mass is 9.91. The topological polar surface area (TPSA) is 63.6 Å². The standard InChI is InChI=1S/C13H17FO4S/c1-18-11-6-5-9(8-10(11)14)13(15)7-3-4-12(13)19(2,16)17/h5-6,8,12,15H,3-4,7H2,1-2H3. The molecule has 1 aliphatic carbocycles. The van der Waals surface area contributed by atoms with Crippen molar-refractivity contribution >= 4 is 9.84 Å². The first-order chi connectivity index (χ1) is 8.79. The van der Waals surface area contributed by atoms with Crippen LogP contribution >= 0.6 is 0 Å². The summed E-state index contributed by atoms with van der Waals surface area (Å²) >= 11 is 0. The van der Waals surface area contributed by atoms with Gasteiger partial charge in [0.25, 0.3) is 0 Å². The molecule has 1 aliphatic rings. The number of rotatable bonds is 3. The van der Waals surface area contributed by atoms with Gasteiger partial charge in [-0.2, -0.15) is 0 Å². The van der Waals surface area contributed by atoms with Gasteiger partial charge in [-0.15, -0.1) is 0 Å². The molecule has 1 N–H and O–H groups in total. The largest absolute Gasteiger partial charge is 0.494 e. The van der Waals surface area contributed by atoms with Gasteiger partial charge in [0.1, 0.15) is 5.60 Å². The smallest absolute Gasteiger partial charge is 0.165 e. The molecule has 19 heavy (non-hydrogen) atoms. The lowest BCUT2D eigenvalue weighted by molar-refractivity contribution is 0.0473. The second-order valence-corrected chi connectivity index (χ2v) is 7.21. The minimum absolute atomic E-state index is 0.0706. The van der Waals surface area contributed by atoms with Gasteiger partial charge >= 0.3 is 0 Å². The third-order valence-electron chi connectivity index (χ3n) is 3.73. The number of sulfone groups is 1. The summed E-state index contributed by atoms with van der Waals surface area (Å²) in [5.74, 6) is -0.533. The van der Waals surface area contributed by atoms with E-state index in [0.29, 0.717) is 24.8 Å². The van der Waals surface area contributed by atoms with Gasteiger partial charge < -0.3 is 9.84 Å². The summed E-state index contributed by atoms with van der Waals surface area (Å²) < 4.78 is 42.0. The van der Waals surface area contributed by atoms with E-state index >= 15 is 0 Å². The van der Waals surface area contributed by atoms with Crippen molar-refractivity contribution in [3.05, 3.63) is 29.6 Å². The van der Waals surface area contributed by atoms with Crippen LogP contribution < -0.4 is 4.74 Å². The lowest BCUT2D eigenvalue weighted by Crippen LogP contribution is -2.39. The average Bonchev–Trinajstić information content (AvgIpc) is 2.72. The summed E-state index contributed by atoms with van der Waals surface area (Å²) in [6, 6.07) is 4.08. The number of aliphatic hydroxyl groups is 1. The highest BCUT2D eigenvalue weighted by Crippen LogP contribution is 2.43. The Morgan fingerprint density at radius 3 is 2.68 bits per heavy atom. The van der Waals surface area contributed by atoms with Gasteiger partial charge in [0.2, 0.25) is 0 Å². The molecule has 0 spiro atoms. The van der Waals surface area contributed by atoms with E-state index in [9.17, 15) is 17.9 Å². The van der Waals surface area contributed by atoms with Gasteiger partial charge in [-0.3, -0.25) is 0 Å². The third kappa shape index (κ3) is 2.47. The van der Waals surface area contributed by atoms with Crippen LogP contribution in [0.3, 0.4) is 0 Å². The van der Waals surface area contributed by atoms with Crippen LogP contribution in [0.2, 0.25) is 0 Å². The molecule has 2 atom stereocenters. The Bertz CT molecular complexity index is 584. The van der Waals surface area contributed by atoms with Crippen molar-refractivity contribution in [1.82, 2.24) is 0 Å². The maximum absolute atomic E-state index is 13.7. The minimum atomic E-state index is -3.39. The molecule has 0 aromatic heterocycles. The van der Waals surface area contributed by atoms with Crippen LogP contribution in [0.15, 0.2) is 18.2 Å². The fraction of sp³-hybridized carbons (Fsp3) is 0.538. The molecule has 106 valence electrons. The molecule has 2 unspecified atom stereocenters. The highest BCUT2D eigenvalue weighted by Gasteiger charge is 2.48. The second kappa shape index (κ2) is 4.76. The second-order valence-electron chi connectivity index (χ2n) is 4.98. The monoisotopic (exact) mass is 288 g/mol. The first-order valence-electron chi connectivity index (χ1n) is 6.04. The summed E-state index contributed by atoms with van der Waals surface area (Å²) in [4.78, 5) is 0. The summed E-state index contributed by atoms with van der Waals surface area (Å²) in [7, 11) is -2.04. The SMILES string of the molecule is COc1ccc(C2(O)CCCC2S(C)(=O)=O)cc1F. The molecule has 1 aromatic carbocycles. The molecule has 0 saturated heterocycles. The quantitative estimate of drug-likeness (QED) is 0.918. The Kier molecular flexibility index (Phi) is 3.57. The zero-order valence-corrected chi connectivity index (χ0v) is 11.7. The van der Waals surface area contributed by atoms with Gasteiger partial charge in [0.15, 0.2) is 21.4 Å². The van der Waals surface area contributed by atoms with Crippen molar-refractivity contribution in [2.24, 2.45) is 0 Å². The van der Waals surface area contributed by atoms with Crippen LogP contribution in [0.25, 0.3) is 0 Å². The maximum Gasteiger partial charge on any atom is 0.165 e. The van der Waals surface area contributed by atoms with Gasteiger partial charge in [0, 0.05) is 6.26 Å². The molecule has 6 heteroatoms. The fourth-order valence-corrected chi connectivity index (χ4v) is 4.35. The molecule has 0 bridgehead atoms. The first kappa shape index (κ1) is 14.3. The van der Waals surface area contributed by atoms with Gasteiger partial charge in [-0.05, 0) is 37.0 Å². The Labute approximate surface area is 112 Å². The van der Waals surface area contributed by atoms with E-state index < -0.39 is 26.5 Å². The van der Waals surface area contributed by atoms with E-state index in [-0.39, 0.29) is 5.75 Å². The zero-order chi connectivity index (χ0) is 14.3. The Hall–Kier alpha value is -1.14. The Morgan fingerprint density at radius 1 is 1.47 bits per heavy atom. The van der Waals surface area contributed by atoms with Crippen molar-refractivity contribution in [3.8, 4) is 5.75 Å². The number of halogens is 1. The molecule has 1 aromatic rings. The summed E-state index contributed by atoms with van der Waals surface area (Å²) in [6.07, 6.45) is 2.41. The molecule has 2 rings (SSSR count). The Balaban J connectivity index is 2.47. The average molecular weight is 288 g/mol. The first-order valence-corrected chi connectivity index (χ1v) is 8.00. The number of ether oxygens (including phenoxy) is 1. The Morgan fingerprint density at radius 2 is 2.16 bits per heavy atom. The lowest BCUT2D eigenvalue weighted by Gasteiger charge is -2.29. The number of hydrogen-bond acceptors (Lipinski definition) is 4. The predicted molar refractivity (Wildman–Crippen MR) is 69.3 cm³/mol. The third-order valence-corrected chi connectivity index (χ3v) is 5.38. The zero-order valence-electron chi connectivity index (χ0n) is 10.9. The van der Waals surface area contributed by atoms with Crippen molar-refractivity contribution < 1.29 is 22.7 Å². The van der Waals surface area contributed by atoms with E-state index in [2.05, 4.69) is 0 Å². The number of benzene rings is 1. The molecule has 1 fully saturated rings. The molecule has 1 saturated carbocycles. The van der Waals surface area contributed by atoms with E-state index in [1.807, 2.05) is 0 Å². The summed E-state index contributed by atoms with van der Waals surface area (Å²) in [5.41, 5.74) is -1.22. The molecular weight excluding hydrogens is 271 g/mol. The van der Waals surface area contributed by atoms with Crippen molar-refractivity contribution in [2.75, 3.05) is 13.4 Å². The molecule has 0 aliphatic heterocycles. The van der Waals surface area contributed by atoms with Crippen LogP contribution in [0, 0.1) is 5.82 Å². The van der Waals surface area contributed by atoms with Crippen LogP contribution in [-0.4, -0.2) is 32.1 Å². The number of hydrogen-bond donors (Lipinski definition) is 1. The summed E-state index contributed by atoms with van der Waals surface area (Å²) in [6.45, 7) is 0. The van der Waals surface area contributed by atoms with Crippen LogP contribution in [-0.2, 0) is 15.4 Å². The van der Waals surface area contributed by atoms with Crippen LogP contribution in [0.4, 0.5) is 4.39 Å². The van der Waals surface area contributed by atoms with Gasteiger partial charge in [-0.1, -0.05) is 6.07 Å². The fourth-order valence-electron chi connectivity index (χ4n) is 2.79. The van der Waals surface area contributed by atoms with E-state index in [0.717, 1.165) is 12.3 Å². The van der Waals surface area contributed by atoms with E-state index in [1.54, 1.807) is 0 Å². The minimum Gasteiger partial charge on any atom is -0.494 e. The molecule has 0 radical (unpaired) electrons. The molecule has 0 heterocycles. The van der Waals surface area contributed by atoms with Crippen molar-refractivity contribution in [2.45, 2.75) is 30.1 Å². The van der Waals surface area contributed by atoms with E-state index in [1.165, 1.54) is 19.2 Å². The number of methoxy groups -OCH3 is 1. The summed E-state index contributed by atoms with van der Waals surface area (Å²) in [5, 5.41) is 9.78. The van der Waals surface area contributed by atoms with Gasteiger partial charge in [0.05, 0.1) is 12.4 Å². The maximum atomic E-state index is 13.7. The highest BCUT2D eigenvalue weighted by atomic mass is 32.2. The molecular formula is C13H17FO4S. The van der Waals surface area contributed by atoms with Crippen molar-refractivity contribution in [1.29, 1.82) is 0 Å².